The maximum Gasteiger partial charge on any atom is 0.333 e. The largest absolute Gasteiger partial charge is 0.472 e. The molecule has 6 rings (SSSR count). The number of aldehydes is 1. The number of aliphatic hydroxyl groups is 1. The van der Waals surface area contributed by atoms with Crippen LogP contribution in [0.3, 0.4) is 0 Å². The molecule has 8 nitrogen and oxygen atoms in total. The van der Waals surface area contributed by atoms with Crippen molar-refractivity contribution in [3.05, 3.63) is 60.1 Å². The molecule has 11 atom stereocenters. The summed E-state index contributed by atoms with van der Waals surface area (Å²) in [5.74, 6) is -2.27. The Labute approximate surface area is 228 Å². The Morgan fingerprint density at radius 2 is 1.92 bits per heavy atom. The van der Waals surface area contributed by atoms with Crippen molar-refractivity contribution < 1.29 is 38.1 Å². The summed E-state index contributed by atoms with van der Waals surface area (Å²) in [6.07, 6.45) is 9.89. The number of fused-ring (bicyclic) bond motifs is 3. The molecule has 1 N–H and O–H groups in total. The van der Waals surface area contributed by atoms with Crippen molar-refractivity contribution in [2.45, 2.75) is 71.6 Å². The molecule has 0 bridgehead atoms. The molecule has 3 aliphatic carbocycles. The first-order valence-electron chi connectivity index (χ1n) is 13.6. The first-order chi connectivity index (χ1) is 18.4. The molecule has 39 heavy (non-hydrogen) atoms. The third-order valence-electron chi connectivity index (χ3n) is 11.1. The second-order valence-corrected chi connectivity index (χ2v) is 12.8. The Morgan fingerprint density at radius 3 is 2.56 bits per heavy atom. The van der Waals surface area contributed by atoms with Crippen LogP contribution in [0.25, 0.3) is 0 Å². The maximum atomic E-state index is 13.9. The van der Waals surface area contributed by atoms with Gasteiger partial charge in [-0.1, -0.05) is 45.1 Å². The summed E-state index contributed by atoms with van der Waals surface area (Å²) in [7, 11) is 0. The van der Waals surface area contributed by atoms with E-state index in [-0.39, 0.29) is 11.7 Å². The van der Waals surface area contributed by atoms with Gasteiger partial charge in [0.25, 0.3) is 0 Å². The van der Waals surface area contributed by atoms with Gasteiger partial charge >= 0.3 is 5.97 Å². The summed E-state index contributed by atoms with van der Waals surface area (Å²) in [6.45, 7) is 11.4. The lowest BCUT2D eigenvalue weighted by Crippen LogP contribution is -2.72. The van der Waals surface area contributed by atoms with Crippen molar-refractivity contribution >= 4 is 18.0 Å². The van der Waals surface area contributed by atoms with Crippen LogP contribution in [0.4, 0.5) is 0 Å². The number of allylic oxidation sites excluding steroid dienone is 3. The number of ether oxygens (including phenoxy) is 3. The Bertz CT molecular complexity index is 1330. The third-order valence-corrected chi connectivity index (χ3v) is 11.1. The fraction of sp³-hybridized carbons (Fsp3) is 0.581. The fourth-order valence-corrected chi connectivity index (χ4v) is 9.14. The van der Waals surface area contributed by atoms with Gasteiger partial charge in [0.1, 0.15) is 18.0 Å². The topological polar surface area (TPSA) is 112 Å². The first-order valence-corrected chi connectivity index (χ1v) is 13.6. The van der Waals surface area contributed by atoms with Crippen molar-refractivity contribution in [2.24, 2.45) is 33.5 Å². The summed E-state index contributed by atoms with van der Waals surface area (Å²) in [5, 5.41) is 11.8. The molecule has 0 aromatic carbocycles. The maximum absolute atomic E-state index is 13.9. The SMILES string of the molecule is C/C=C(\C)C(=O)O[C@@H]1[C@@H]2OC[C@]3(C)C=CC(=O)[C@@](C)([C@@H]23)[C@@H]2[C@H](O)O[C@@]3(C=C[C@@H](c4ccoc4)[C@]3(C)C=O)[C@]12C. The number of hydrogen-bond donors (Lipinski definition) is 1. The van der Waals surface area contributed by atoms with E-state index in [1.165, 1.54) is 0 Å². The van der Waals surface area contributed by atoms with Crippen molar-refractivity contribution in [2.75, 3.05) is 6.61 Å². The minimum atomic E-state index is -1.43. The van der Waals surface area contributed by atoms with Gasteiger partial charge in [-0.15, -0.1) is 0 Å². The summed E-state index contributed by atoms with van der Waals surface area (Å²) < 4.78 is 24.7. The van der Waals surface area contributed by atoms with E-state index in [1.807, 2.05) is 39.0 Å². The van der Waals surface area contributed by atoms with Crippen molar-refractivity contribution in [3.8, 4) is 0 Å². The van der Waals surface area contributed by atoms with Gasteiger partial charge in [-0.05, 0) is 38.5 Å². The average molecular weight is 537 g/mol. The van der Waals surface area contributed by atoms with Gasteiger partial charge in [-0.3, -0.25) is 4.79 Å². The molecule has 0 unspecified atom stereocenters. The van der Waals surface area contributed by atoms with E-state index in [0.717, 1.165) is 11.8 Å². The number of ketones is 1. The molecule has 3 fully saturated rings. The van der Waals surface area contributed by atoms with E-state index < -0.39 is 63.6 Å². The first kappa shape index (κ1) is 26.4. The monoisotopic (exact) mass is 536 g/mol. The molecule has 2 saturated heterocycles. The van der Waals surface area contributed by atoms with Gasteiger partial charge < -0.3 is 28.5 Å². The van der Waals surface area contributed by atoms with Crippen LogP contribution in [-0.4, -0.2) is 53.9 Å². The fourth-order valence-electron chi connectivity index (χ4n) is 9.14. The van der Waals surface area contributed by atoms with Crippen LogP contribution in [0.2, 0.25) is 0 Å². The molecule has 208 valence electrons. The molecular formula is C31H36O8. The molecule has 2 aliphatic heterocycles. The van der Waals surface area contributed by atoms with Crippen LogP contribution in [0.15, 0.2) is 59.0 Å². The number of aliphatic hydroxyl groups excluding tert-OH is 1. The quantitative estimate of drug-likeness (QED) is 0.267. The number of rotatable bonds is 4. The van der Waals surface area contributed by atoms with Gasteiger partial charge in [-0.2, -0.15) is 0 Å². The highest BCUT2D eigenvalue weighted by Crippen LogP contribution is 2.75. The van der Waals surface area contributed by atoms with E-state index in [9.17, 15) is 19.5 Å². The summed E-state index contributed by atoms with van der Waals surface area (Å²) in [4.78, 5) is 40.4. The van der Waals surface area contributed by atoms with Gasteiger partial charge in [0.05, 0.1) is 30.7 Å². The van der Waals surface area contributed by atoms with Crippen LogP contribution < -0.4 is 0 Å². The summed E-state index contributed by atoms with van der Waals surface area (Å²) in [6, 6.07) is 1.80. The normalized spacial score (nSPS) is 49.8. The molecule has 1 aromatic heterocycles. The second kappa shape index (κ2) is 8.12. The number of carbonyl (C=O) groups excluding carboxylic acids is 3. The van der Waals surface area contributed by atoms with Gasteiger partial charge in [-0.25, -0.2) is 4.79 Å². The lowest BCUT2D eigenvalue weighted by atomic mass is 9.39. The minimum Gasteiger partial charge on any atom is -0.472 e. The molecule has 5 aliphatic rings. The molecular weight excluding hydrogens is 500 g/mol. The van der Waals surface area contributed by atoms with Crippen LogP contribution in [0.1, 0.15) is 53.0 Å². The van der Waals surface area contributed by atoms with Crippen molar-refractivity contribution in [3.63, 3.8) is 0 Å². The zero-order valence-corrected chi connectivity index (χ0v) is 23.2. The summed E-state index contributed by atoms with van der Waals surface area (Å²) >= 11 is 0. The Balaban J connectivity index is 1.61. The zero-order valence-electron chi connectivity index (χ0n) is 23.2. The van der Waals surface area contributed by atoms with E-state index in [4.69, 9.17) is 18.6 Å². The van der Waals surface area contributed by atoms with Gasteiger partial charge in [0, 0.05) is 39.6 Å². The number of furan rings is 1. The van der Waals surface area contributed by atoms with Crippen LogP contribution in [0, 0.1) is 33.5 Å². The standard InChI is InChI=1S/C31H36O8/c1-7-17(2)25(34)38-24-21-22-27(3,16-37-21)11-9-20(33)29(22,5)23-26(35)39-31(30(23,24)6)12-8-19(28(31,4)15-32)18-10-13-36-14-18/h7-15,19,21-24,26,35H,16H2,1-6H3/b17-7+/t19-,21+,22-,23-,24+,26+,27-,28-,29-,30-,31+/m0/s1. The third kappa shape index (κ3) is 2.87. The predicted octanol–water partition coefficient (Wildman–Crippen LogP) is 3.91. The van der Waals surface area contributed by atoms with Crippen molar-refractivity contribution in [1.82, 2.24) is 0 Å². The van der Waals surface area contributed by atoms with E-state index in [2.05, 4.69) is 0 Å². The van der Waals surface area contributed by atoms with Crippen LogP contribution in [0.5, 0.6) is 0 Å². The zero-order chi connectivity index (χ0) is 28.2. The van der Waals surface area contributed by atoms with E-state index >= 15 is 0 Å². The lowest BCUT2D eigenvalue weighted by molar-refractivity contribution is -0.228. The van der Waals surface area contributed by atoms with Crippen molar-refractivity contribution in [1.29, 1.82) is 0 Å². The van der Waals surface area contributed by atoms with Crippen LogP contribution in [-0.2, 0) is 28.6 Å². The number of hydrogen-bond acceptors (Lipinski definition) is 8. The van der Waals surface area contributed by atoms with Gasteiger partial charge in [0.2, 0.25) is 0 Å². The molecule has 8 heteroatoms. The average Bonchev–Trinajstić information content (AvgIpc) is 3.66. The molecule has 1 aromatic rings. The highest BCUT2D eigenvalue weighted by Gasteiger charge is 2.84. The molecule has 1 spiro atoms. The van der Waals surface area contributed by atoms with E-state index in [0.29, 0.717) is 12.2 Å². The Kier molecular flexibility index (Phi) is 5.50. The predicted molar refractivity (Wildman–Crippen MR) is 139 cm³/mol. The smallest absolute Gasteiger partial charge is 0.333 e. The molecule has 1 saturated carbocycles. The van der Waals surface area contributed by atoms with Gasteiger partial charge in [0.15, 0.2) is 12.1 Å². The molecule has 0 amide bonds. The second-order valence-electron chi connectivity index (χ2n) is 12.8. The highest BCUT2D eigenvalue weighted by molar-refractivity contribution is 5.97. The number of carbonyl (C=O) groups is 3. The molecule has 3 heterocycles. The molecule has 0 radical (unpaired) electrons. The Hall–Kier alpha value is -2.81. The summed E-state index contributed by atoms with van der Waals surface area (Å²) in [5.41, 5.74) is -4.31. The Morgan fingerprint density at radius 1 is 1.18 bits per heavy atom. The van der Waals surface area contributed by atoms with Crippen LogP contribution >= 0.6 is 0 Å². The lowest BCUT2D eigenvalue weighted by Gasteiger charge is -2.62. The van der Waals surface area contributed by atoms with E-state index in [1.54, 1.807) is 51.5 Å². The minimum absolute atomic E-state index is 0.132. The highest BCUT2D eigenvalue weighted by atomic mass is 16.6. The number of esters is 1.